The van der Waals surface area contributed by atoms with E-state index in [1.165, 1.54) is 0 Å². The number of amides is 1. The summed E-state index contributed by atoms with van der Waals surface area (Å²) in [5.41, 5.74) is 0. The van der Waals surface area contributed by atoms with E-state index in [0.29, 0.717) is 6.61 Å². The normalized spacial score (nSPS) is 18.7. The van der Waals surface area contributed by atoms with E-state index in [0.717, 1.165) is 36.3 Å². The Bertz CT molecular complexity index is 422. The van der Waals surface area contributed by atoms with E-state index in [4.69, 9.17) is 4.74 Å². The fraction of sp³-hybridized carbons (Fsp3) is 0.500. The lowest BCUT2D eigenvalue weighted by molar-refractivity contribution is -0.123. The third kappa shape index (κ3) is 3.94. The molecule has 1 atom stereocenters. The number of halogens is 1. The summed E-state index contributed by atoms with van der Waals surface area (Å²) in [6, 6.07) is 7.79. The largest absolute Gasteiger partial charge is 0.492 e. The van der Waals surface area contributed by atoms with Crippen LogP contribution in [0.25, 0.3) is 0 Å². The van der Waals surface area contributed by atoms with Gasteiger partial charge in [-0.05, 0) is 37.2 Å². The first-order valence-electron chi connectivity index (χ1n) is 6.61. The minimum Gasteiger partial charge on any atom is -0.492 e. The third-order valence-electron chi connectivity index (χ3n) is 3.33. The number of likely N-dealkylation sites (N-methyl/N-ethyl adjacent to an activating group) is 1. The van der Waals surface area contributed by atoms with Crippen LogP contribution in [0.4, 0.5) is 0 Å². The Morgan fingerprint density at radius 3 is 2.74 bits per heavy atom. The first kappa shape index (κ1) is 14.3. The molecule has 104 valence electrons. The van der Waals surface area contributed by atoms with Gasteiger partial charge in [-0.2, -0.15) is 0 Å². The van der Waals surface area contributed by atoms with Gasteiger partial charge in [-0.25, -0.2) is 0 Å². The summed E-state index contributed by atoms with van der Waals surface area (Å²) < 4.78 is 6.73. The molecule has 0 saturated carbocycles. The van der Waals surface area contributed by atoms with E-state index in [2.05, 4.69) is 33.1 Å². The van der Waals surface area contributed by atoms with Crippen molar-refractivity contribution >= 4 is 21.8 Å². The van der Waals surface area contributed by atoms with E-state index in [-0.39, 0.29) is 11.9 Å². The summed E-state index contributed by atoms with van der Waals surface area (Å²) in [6.45, 7) is 5.09. The molecule has 0 aliphatic carbocycles. The molecule has 1 N–H and O–H groups in total. The molecule has 1 fully saturated rings. The number of carbonyl (C=O) groups excluding carboxylic acids is 1. The maximum absolute atomic E-state index is 11.6. The second kappa shape index (κ2) is 6.91. The highest BCUT2D eigenvalue weighted by Crippen LogP contribution is 2.16. The van der Waals surface area contributed by atoms with Crippen LogP contribution in [0.3, 0.4) is 0 Å². The highest BCUT2D eigenvalue weighted by atomic mass is 79.9. The van der Waals surface area contributed by atoms with E-state index in [9.17, 15) is 4.79 Å². The van der Waals surface area contributed by atoms with Crippen molar-refractivity contribution in [2.24, 2.45) is 0 Å². The molecule has 4 nitrogen and oxygen atoms in total. The van der Waals surface area contributed by atoms with Gasteiger partial charge >= 0.3 is 0 Å². The van der Waals surface area contributed by atoms with E-state index in [1.807, 2.05) is 24.3 Å². The van der Waals surface area contributed by atoms with Gasteiger partial charge in [0.1, 0.15) is 12.4 Å². The average molecular weight is 327 g/mol. The fourth-order valence-electron chi connectivity index (χ4n) is 2.28. The topological polar surface area (TPSA) is 41.6 Å². The number of carbonyl (C=O) groups is 1. The van der Waals surface area contributed by atoms with Crippen molar-refractivity contribution in [3.63, 3.8) is 0 Å². The fourth-order valence-corrected chi connectivity index (χ4v) is 2.54. The molecule has 1 aromatic carbocycles. The van der Waals surface area contributed by atoms with Crippen LogP contribution in [0.1, 0.15) is 13.3 Å². The van der Waals surface area contributed by atoms with E-state index >= 15 is 0 Å². The zero-order chi connectivity index (χ0) is 13.7. The Labute approximate surface area is 122 Å². The lowest BCUT2D eigenvalue weighted by Gasteiger charge is -2.25. The summed E-state index contributed by atoms with van der Waals surface area (Å²) in [5, 5.41) is 2.87. The molecule has 0 aromatic heterocycles. The van der Waals surface area contributed by atoms with Crippen LogP contribution < -0.4 is 10.1 Å². The molecule has 1 aliphatic rings. The molecule has 0 radical (unpaired) electrons. The standard InChI is InChI=1S/C14H19BrN2O2/c1-2-17(13-7-8-16-14(13)18)9-10-19-12-5-3-11(15)4-6-12/h3-6,13H,2,7-10H2,1H3,(H,16,18)/t13-/m1/s1. The molecule has 0 bridgehead atoms. The van der Waals surface area contributed by atoms with Gasteiger partial charge in [0.15, 0.2) is 0 Å². The van der Waals surface area contributed by atoms with Gasteiger partial charge in [0.05, 0.1) is 6.04 Å². The molecule has 1 aromatic rings. The summed E-state index contributed by atoms with van der Waals surface area (Å²) in [6.07, 6.45) is 0.894. The molecule has 0 unspecified atom stereocenters. The van der Waals surface area contributed by atoms with Crippen molar-refractivity contribution in [1.82, 2.24) is 10.2 Å². The zero-order valence-electron chi connectivity index (χ0n) is 11.1. The second-order valence-corrected chi connectivity index (χ2v) is 5.44. The van der Waals surface area contributed by atoms with Crippen molar-refractivity contribution in [2.75, 3.05) is 26.2 Å². The minimum atomic E-state index is 0.0125. The monoisotopic (exact) mass is 326 g/mol. The van der Waals surface area contributed by atoms with Crippen molar-refractivity contribution in [2.45, 2.75) is 19.4 Å². The third-order valence-corrected chi connectivity index (χ3v) is 3.86. The minimum absolute atomic E-state index is 0.0125. The van der Waals surface area contributed by atoms with Gasteiger partial charge in [0.25, 0.3) is 0 Å². The van der Waals surface area contributed by atoms with Crippen LogP contribution in [0.5, 0.6) is 5.75 Å². The first-order chi connectivity index (χ1) is 9.20. The molecule has 5 heteroatoms. The summed E-state index contributed by atoms with van der Waals surface area (Å²) in [5.74, 6) is 1.00. The summed E-state index contributed by atoms with van der Waals surface area (Å²) in [4.78, 5) is 13.8. The lowest BCUT2D eigenvalue weighted by Crippen LogP contribution is -2.42. The molecule has 1 saturated heterocycles. The molecule has 1 heterocycles. The van der Waals surface area contributed by atoms with Gasteiger partial charge < -0.3 is 10.1 Å². The number of hydrogen-bond acceptors (Lipinski definition) is 3. The second-order valence-electron chi connectivity index (χ2n) is 4.53. The van der Waals surface area contributed by atoms with E-state index < -0.39 is 0 Å². The zero-order valence-corrected chi connectivity index (χ0v) is 12.6. The highest BCUT2D eigenvalue weighted by molar-refractivity contribution is 9.10. The Kier molecular flexibility index (Phi) is 5.22. The summed E-state index contributed by atoms with van der Waals surface area (Å²) >= 11 is 3.39. The molecule has 19 heavy (non-hydrogen) atoms. The van der Waals surface area contributed by atoms with Gasteiger partial charge in [-0.15, -0.1) is 0 Å². The highest BCUT2D eigenvalue weighted by Gasteiger charge is 2.28. The first-order valence-corrected chi connectivity index (χ1v) is 7.40. The van der Waals surface area contributed by atoms with Crippen molar-refractivity contribution in [3.05, 3.63) is 28.7 Å². The predicted molar refractivity (Wildman–Crippen MR) is 78.3 cm³/mol. The smallest absolute Gasteiger partial charge is 0.237 e. The molecule has 2 rings (SSSR count). The van der Waals surface area contributed by atoms with Crippen LogP contribution in [-0.4, -0.2) is 43.1 Å². The Morgan fingerprint density at radius 2 is 2.16 bits per heavy atom. The number of benzene rings is 1. The number of ether oxygens (including phenoxy) is 1. The van der Waals surface area contributed by atoms with Crippen molar-refractivity contribution < 1.29 is 9.53 Å². The van der Waals surface area contributed by atoms with Crippen LogP contribution in [-0.2, 0) is 4.79 Å². The number of hydrogen-bond donors (Lipinski definition) is 1. The Morgan fingerprint density at radius 1 is 1.42 bits per heavy atom. The molecule has 1 aliphatic heterocycles. The van der Waals surface area contributed by atoms with Crippen molar-refractivity contribution in [1.29, 1.82) is 0 Å². The Balaban J connectivity index is 1.80. The van der Waals surface area contributed by atoms with Crippen LogP contribution in [0.2, 0.25) is 0 Å². The number of rotatable bonds is 6. The average Bonchev–Trinajstić information content (AvgIpc) is 2.83. The van der Waals surface area contributed by atoms with Crippen LogP contribution in [0.15, 0.2) is 28.7 Å². The molecule has 1 amide bonds. The van der Waals surface area contributed by atoms with Crippen molar-refractivity contribution in [3.8, 4) is 5.75 Å². The number of nitrogens with zero attached hydrogens (tertiary/aromatic N) is 1. The maximum Gasteiger partial charge on any atom is 0.237 e. The van der Waals surface area contributed by atoms with Crippen LogP contribution in [0, 0.1) is 0 Å². The molecular formula is C14H19BrN2O2. The lowest BCUT2D eigenvalue weighted by atomic mass is 10.2. The maximum atomic E-state index is 11.6. The summed E-state index contributed by atoms with van der Waals surface area (Å²) in [7, 11) is 0. The SMILES string of the molecule is CCN(CCOc1ccc(Br)cc1)[C@@H]1CCNC1=O. The van der Waals surface area contributed by atoms with Gasteiger partial charge in [0.2, 0.25) is 5.91 Å². The van der Waals surface area contributed by atoms with Gasteiger partial charge in [-0.3, -0.25) is 9.69 Å². The number of nitrogens with one attached hydrogen (secondary N) is 1. The quantitative estimate of drug-likeness (QED) is 0.869. The predicted octanol–water partition coefficient (Wildman–Crippen LogP) is 2.04. The molecule has 0 spiro atoms. The van der Waals surface area contributed by atoms with Crippen LogP contribution >= 0.6 is 15.9 Å². The van der Waals surface area contributed by atoms with E-state index in [1.54, 1.807) is 0 Å². The van der Waals surface area contributed by atoms with Gasteiger partial charge in [-0.1, -0.05) is 22.9 Å². The molecular weight excluding hydrogens is 308 g/mol. The van der Waals surface area contributed by atoms with Gasteiger partial charge in [0, 0.05) is 17.6 Å². The Hall–Kier alpha value is -1.07.